The molecule has 1 aromatic rings. The summed E-state index contributed by atoms with van der Waals surface area (Å²) in [5.74, 6) is 0.467. The van der Waals surface area contributed by atoms with Gasteiger partial charge in [-0.1, -0.05) is 19.9 Å². The van der Waals surface area contributed by atoms with E-state index in [1.165, 1.54) is 12.1 Å². The number of halogens is 1. The van der Waals surface area contributed by atoms with Gasteiger partial charge < -0.3 is 10.1 Å². The minimum absolute atomic E-state index is 0.193. The van der Waals surface area contributed by atoms with Crippen molar-refractivity contribution in [3.05, 3.63) is 29.6 Å². The zero-order valence-corrected chi connectivity index (χ0v) is 9.79. The van der Waals surface area contributed by atoms with Crippen molar-refractivity contribution in [3.8, 4) is 5.75 Å². The lowest BCUT2D eigenvalue weighted by Gasteiger charge is -2.32. The Balaban J connectivity index is 2.30. The normalized spacial score (nSPS) is 23.7. The molecule has 0 bridgehead atoms. The first-order valence-corrected chi connectivity index (χ1v) is 5.94. The van der Waals surface area contributed by atoms with E-state index in [4.69, 9.17) is 4.74 Å². The molecular weight excluding hydrogens is 205 g/mol. The van der Waals surface area contributed by atoms with Crippen LogP contribution in [0.4, 0.5) is 4.39 Å². The summed E-state index contributed by atoms with van der Waals surface area (Å²) in [5.41, 5.74) is 1.08. The van der Waals surface area contributed by atoms with Crippen LogP contribution in [0.5, 0.6) is 5.75 Å². The summed E-state index contributed by atoms with van der Waals surface area (Å²) in [4.78, 5) is 0. The van der Waals surface area contributed by atoms with Crippen LogP contribution in [0.3, 0.4) is 0 Å². The second kappa shape index (κ2) is 4.83. The molecular formula is C13H18FNO. The number of fused-ring (bicyclic) bond motifs is 1. The molecule has 2 atom stereocenters. The number of nitrogens with one attached hydrogen (secondary N) is 1. The quantitative estimate of drug-likeness (QED) is 0.850. The Labute approximate surface area is 95.8 Å². The highest BCUT2D eigenvalue weighted by atomic mass is 19.1. The van der Waals surface area contributed by atoms with E-state index < -0.39 is 0 Å². The first-order chi connectivity index (χ1) is 7.74. The maximum absolute atomic E-state index is 13.1. The monoisotopic (exact) mass is 223 g/mol. The third-order valence-corrected chi connectivity index (χ3v) is 3.05. The topological polar surface area (TPSA) is 21.3 Å². The van der Waals surface area contributed by atoms with Crippen molar-refractivity contribution in [2.24, 2.45) is 0 Å². The van der Waals surface area contributed by atoms with Gasteiger partial charge in [-0.15, -0.1) is 0 Å². The largest absolute Gasteiger partial charge is 0.490 e. The zero-order valence-electron chi connectivity index (χ0n) is 9.79. The van der Waals surface area contributed by atoms with Gasteiger partial charge >= 0.3 is 0 Å². The average molecular weight is 223 g/mol. The first kappa shape index (κ1) is 11.4. The molecule has 0 fully saturated rings. The minimum atomic E-state index is -0.231. The van der Waals surface area contributed by atoms with Crippen LogP contribution < -0.4 is 10.1 Å². The third kappa shape index (κ3) is 2.19. The predicted octanol–water partition coefficient (Wildman–Crippen LogP) is 3.04. The molecule has 2 rings (SSSR count). The van der Waals surface area contributed by atoms with Crippen LogP contribution in [-0.4, -0.2) is 12.6 Å². The van der Waals surface area contributed by atoms with Crippen LogP contribution in [-0.2, 0) is 0 Å². The van der Waals surface area contributed by atoms with Gasteiger partial charge in [-0.2, -0.15) is 0 Å². The molecule has 1 aliphatic rings. The molecule has 0 radical (unpaired) electrons. The second-order valence-corrected chi connectivity index (χ2v) is 4.18. The van der Waals surface area contributed by atoms with Crippen LogP contribution in [0.2, 0.25) is 0 Å². The van der Waals surface area contributed by atoms with Crippen molar-refractivity contribution in [1.82, 2.24) is 5.32 Å². The highest BCUT2D eigenvalue weighted by Crippen LogP contribution is 2.35. The molecule has 1 aliphatic heterocycles. The van der Waals surface area contributed by atoms with Crippen molar-refractivity contribution in [1.29, 1.82) is 0 Å². The van der Waals surface area contributed by atoms with Crippen molar-refractivity contribution >= 4 is 0 Å². The Hall–Kier alpha value is -1.09. The zero-order chi connectivity index (χ0) is 11.5. The summed E-state index contributed by atoms with van der Waals surface area (Å²) in [6.45, 7) is 5.09. The number of ether oxygens (including phenoxy) is 1. The molecule has 2 unspecified atom stereocenters. The molecule has 1 heterocycles. The van der Waals surface area contributed by atoms with Gasteiger partial charge in [0.2, 0.25) is 0 Å². The van der Waals surface area contributed by atoms with Gasteiger partial charge in [-0.05, 0) is 19.0 Å². The van der Waals surface area contributed by atoms with Gasteiger partial charge in [0, 0.05) is 24.1 Å². The second-order valence-electron chi connectivity index (χ2n) is 4.18. The van der Waals surface area contributed by atoms with E-state index in [1.54, 1.807) is 0 Å². The van der Waals surface area contributed by atoms with E-state index in [0.717, 1.165) is 24.9 Å². The van der Waals surface area contributed by atoms with Crippen LogP contribution in [0.15, 0.2) is 18.2 Å². The van der Waals surface area contributed by atoms with Gasteiger partial charge in [-0.3, -0.25) is 0 Å². The molecule has 0 saturated heterocycles. The van der Waals surface area contributed by atoms with Gasteiger partial charge in [0.25, 0.3) is 0 Å². The number of hydrogen-bond donors (Lipinski definition) is 1. The SMILES string of the molecule is CCNC1CC(CC)Oc2cc(F)ccc21. The Morgan fingerprint density at radius 3 is 2.94 bits per heavy atom. The Kier molecular flexibility index (Phi) is 3.44. The van der Waals surface area contributed by atoms with Crippen LogP contribution in [0.25, 0.3) is 0 Å². The molecule has 0 amide bonds. The van der Waals surface area contributed by atoms with Crippen LogP contribution in [0.1, 0.15) is 38.3 Å². The standard InChI is InChI=1S/C13H18FNO/c1-3-10-8-12(15-4-2)11-6-5-9(14)7-13(11)16-10/h5-7,10,12,15H,3-4,8H2,1-2H3. The van der Waals surface area contributed by atoms with Crippen molar-refractivity contribution in [2.75, 3.05) is 6.54 Å². The van der Waals surface area contributed by atoms with Gasteiger partial charge in [0.1, 0.15) is 17.7 Å². The maximum atomic E-state index is 13.1. The molecule has 1 N–H and O–H groups in total. The summed E-state index contributed by atoms with van der Waals surface area (Å²) in [6.07, 6.45) is 2.11. The fourth-order valence-corrected chi connectivity index (χ4v) is 2.21. The molecule has 16 heavy (non-hydrogen) atoms. The summed E-state index contributed by atoms with van der Waals surface area (Å²) >= 11 is 0. The van der Waals surface area contributed by atoms with Crippen molar-refractivity contribution in [2.45, 2.75) is 38.8 Å². The molecule has 0 aliphatic carbocycles. The summed E-state index contributed by atoms with van der Waals surface area (Å²) < 4.78 is 18.9. The molecule has 3 heteroatoms. The van der Waals surface area contributed by atoms with E-state index in [1.807, 2.05) is 6.07 Å². The van der Waals surface area contributed by atoms with E-state index in [2.05, 4.69) is 19.2 Å². The maximum Gasteiger partial charge on any atom is 0.127 e. The fraction of sp³-hybridized carbons (Fsp3) is 0.538. The summed E-state index contributed by atoms with van der Waals surface area (Å²) in [5, 5.41) is 3.42. The highest BCUT2D eigenvalue weighted by molar-refractivity contribution is 5.38. The number of hydrogen-bond acceptors (Lipinski definition) is 2. The third-order valence-electron chi connectivity index (χ3n) is 3.05. The minimum Gasteiger partial charge on any atom is -0.490 e. The Morgan fingerprint density at radius 1 is 1.44 bits per heavy atom. The van der Waals surface area contributed by atoms with Crippen LogP contribution >= 0.6 is 0 Å². The van der Waals surface area contributed by atoms with E-state index in [9.17, 15) is 4.39 Å². The van der Waals surface area contributed by atoms with Crippen molar-refractivity contribution < 1.29 is 9.13 Å². The molecule has 0 spiro atoms. The molecule has 0 saturated carbocycles. The first-order valence-electron chi connectivity index (χ1n) is 5.94. The predicted molar refractivity (Wildman–Crippen MR) is 62.1 cm³/mol. The van der Waals surface area contributed by atoms with Gasteiger partial charge in [-0.25, -0.2) is 4.39 Å². The summed E-state index contributed by atoms with van der Waals surface area (Å²) in [7, 11) is 0. The highest BCUT2D eigenvalue weighted by Gasteiger charge is 2.26. The molecule has 2 nitrogen and oxygen atoms in total. The number of benzene rings is 1. The lowest BCUT2D eigenvalue weighted by Crippen LogP contribution is -2.32. The van der Waals surface area contributed by atoms with Gasteiger partial charge in [0.05, 0.1) is 0 Å². The van der Waals surface area contributed by atoms with E-state index in [0.29, 0.717) is 11.8 Å². The number of rotatable bonds is 3. The van der Waals surface area contributed by atoms with E-state index in [-0.39, 0.29) is 11.9 Å². The smallest absolute Gasteiger partial charge is 0.127 e. The summed E-state index contributed by atoms with van der Waals surface area (Å²) in [6, 6.07) is 5.10. The van der Waals surface area contributed by atoms with Gasteiger partial charge in [0.15, 0.2) is 0 Å². The lowest BCUT2D eigenvalue weighted by molar-refractivity contribution is 0.145. The average Bonchev–Trinajstić information content (AvgIpc) is 2.28. The molecule has 0 aromatic heterocycles. The Morgan fingerprint density at radius 2 is 2.25 bits per heavy atom. The van der Waals surface area contributed by atoms with E-state index >= 15 is 0 Å². The lowest BCUT2D eigenvalue weighted by atomic mass is 9.95. The molecule has 88 valence electrons. The van der Waals surface area contributed by atoms with Crippen molar-refractivity contribution in [3.63, 3.8) is 0 Å². The Bertz CT molecular complexity index is 367. The van der Waals surface area contributed by atoms with Crippen LogP contribution in [0, 0.1) is 5.82 Å². The fourth-order valence-electron chi connectivity index (χ4n) is 2.21. The molecule has 1 aromatic carbocycles.